The largest absolute Gasteiger partial charge is 0.364 e. The number of rotatable bonds is 6. The Morgan fingerprint density at radius 1 is 1.27 bits per heavy atom. The van der Waals surface area contributed by atoms with Crippen molar-refractivity contribution in [1.29, 1.82) is 0 Å². The van der Waals surface area contributed by atoms with Gasteiger partial charge in [0.25, 0.3) is 5.91 Å². The summed E-state index contributed by atoms with van der Waals surface area (Å²) in [5, 5.41) is 3.53. The van der Waals surface area contributed by atoms with Crippen LogP contribution < -0.4 is 11.1 Å². The molecule has 2 atom stereocenters. The van der Waals surface area contributed by atoms with Crippen molar-refractivity contribution >= 4 is 22.4 Å². The first-order valence-corrected chi connectivity index (χ1v) is 9.84. The molecule has 1 aromatic heterocycles. The summed E-state index contributed by atoms with van der Waals surface area (Å²) in [5.74, 6) is 0.0999. The fourth-order valence-electron chi connectivity index (χ4n) is 3.26. The third-order valence-corrected chi connectivity index (χ3v) is 5.85. The Bertz CT molecular complexity index is 789. The molecule has 1 aliphatic carbocycles. The van der Waals surface area contributed by atoms with Crippen molar-refractivity contribution in [2.24, 2.45) is 5.73 Å². The second-order valence-corrected chi connectivity index (χ2v) is 8.04. The van der Waals surface area contributed by atoms with Crippen LogP contribution in [0, 0.1) is 5.82 Å². The summed E-state index contributed by atoms with van der Waals surface area (Å²) >= 11 is 1.50. The molecule has 5 nitrogen and oxygen atoms in total. The zero-order valence-electron chi connectivity index (χ0n) is 14.4. The van der Waals surface area contributed by atoms with Crippen LogP contribution in [0.25, 0.3) is 0 Å². The van der Waals surface area contributed by atoms with Crippen molar-refractivity contribution < 1.29 is 13.9 Å². The third kappa shape index (κ3) is 3.95. The van der Waals surface area contributed by atoms with Crippen LogP contribution in [0.15, 0.2) is 24.3 Å². The Labute approximate surface area is 155 Å². The van der Waals surface area contributed by atoms with Gasteiger partial charge in [-0.15, -0.1) is 11.3 Å². The van der Waals surface area contributed by atoms with E-state index in [9.17, 15) is 9.18 Å². The molecular weight excluding hydrogens is 353 g/mol. The number of carbonyl (C=O) groups is 1. The van der Waals surface area contributed by atoms with E-state index in [0.29, 0.717) is 30.4 Å². The lowest BCUT2D eigenvalue weighted by molar-refractivity contribution is -0.126. The lowest BCUT2D eigenvalue weighted by Gasteiger charge is -2.11. The highest BCUT2D eigenvalue weighted by atomic mass is 32.1. The lowest BCUT2D eigenvalue weighted by Crippen LogP contribution is -2.29. The van der Waals surface area contributed by atoms with Crippen LogP contribution in [0.5, 0.6) is 0 Å². The molecule has 2 aromatic rings. The lowest BCUT2D eigenvalue weighted by atomic mass is 10.1. The van der Waals surface area contributed by atoms with Gasteiger partial charge in [0.2, 0.25) is 0 Å². The molecule has 0 spiro atoms. The van der Waals surface area contributed by atoms with E-state index < -0.39 is 6.10 Å². The number of hydrogen-bond donors (Lipinski definition) is 2. The van der Waals surface area contributed by atoms with Gasteiger partial charge in [-0.1, -0.05) is 12.1 Å². The number of benzene rings is 1. The molecule has 2 aliphatic rings. The summed E-state index contributed by atoms with van der Waals surface area (Å²) in [7, 11) is 0. The third-order valence-electron chi connectivity index (χ3n) is 4.86. The van der Waals surface area contributed by atoms with E-state index in [2.05, 4.69) is 10.3 Å². The van der Waals surface area contributed by atoms with Crippen molar-refractivity contribution in [2.45, 2.75) is 50.2 Å². The first-order chi connectivity index (χ1) is 12.6. The SMILES string of the molecule is NC[C@H]1CC[C@@H](C(=O)Nc2nc(C3CC3)c(Cc3ccc(F)cc3)s2)O1. The summed E-state index contributed by atoms with van der Waals surface area (Å²) in [6.07, 6.45) is 4.01. The molecule has 7 heteroatoms. The minimum Gasteiger partial charge on any atom is -0.364 e. The van der Waals surface area contributed by atoms with E-state index in [1.807, 2.05) is 0 Å². The zero-order chi connectivity index (χ0) is 18.1. The number of anilines is 1. The quantitative estimate of drug-likeness (QED) is 0.813. The van der Waals surface area contributed by atoms with Gasteiger partial charge in [0, 0.05) is 23.8 Å². The number of ether oxygens (including phenoxy) is 1. The van der Waals surface area contributed by atoms with Gasteiger partial charge in [0.05, 0.1) is 11.8 Å². The van der Waals surface area contributed by atoms with Crippen molar-refractivity contribution in [2.75, 3.05) is 11.9 Å². The highest BCUT2D eigenvalue weighted by Gasteiger charge is 2.32. The summed E-state index contributed by atoms with van der Waals surface area (Å²) in [6, 6.07) is 6.54. The van der Waals surface area contributed by atoms with Gasteiger partial charge in [0.15, 0.2) is 5.13 Å². The van der Waals surface area contributed by atoms with E-state index in [-0.39, 0.29) is 17.8 Å². The Morgan fingerprint density at radius 3 is 2.69 bits per heavy atom. The van der Waals surface area contributed by atoms with E-state index in [0.717, 1.165) is 35.4 Å². The normalized spacial score (nSPS) is 22.5. The Kier molecular flexibility index (Phi) is 5.02. The van der Waals surface area contributed by atoms with Gasteiger partial charge in [-0.05, 0) is 43.4 Å². The van der Waals surface area contributed by atoms with Crippen molar-refractivity contribution in [1.82, 2.24) is 4.98 Å². The number of hydrogen-bond acceptors (Lipinski definition) is 5. The number of carbonyl (C=O) groups excluding carboxylic acids is 1. The topological polar surface area (TPSA) is 77.2 Å². The molecule has 3 N–H and O–H groups in total. The summed E-state index contributed by atoms with van der Waals surface area (Å²) < 4.78 is 18.8. The van der Waals surface area contributed by atoms with Gasteiger partial charge in [-0.2, -0.15) is 0 Å². The first kappa shape index (κ1) is 17.6. The number of amides is 1. The molecule has 1 aromatic carbocycles. The van der Waals surface area contributed by atoms with Gasteiger partial charge in [-0.25, -0.2) is 9.37 Å². The fraction of sp³-hybridized carbons (Fsp3) is 0.474. The first-order valence-electron chi connectivity index (χ1n) is 9.03. The molecule has 2 heterocycles. The second-order valence-electron chi connectivity index (χ2n) is 6.95. The molecule has 1 saturated carbocycles. The average molecular weight is 375 g/mol. The Balaban J connectivity index is 1.47. The van der Waals surface area contributed by atoms with Gasteiger partial charge in [0.1, 0.15) is 11.9 Å². The smallest absolute Gasteiger partial charge is 0.255 e. The number of nitrogens with two attached hydrogens (primary N) is 1. The molecule has 0 bridgehead atoms. The molecular formula is C19H22FN3O2S. The molecule has 138 valence electrons. The fourth-order valence-corrected chi connectivity index (χ4v) is 4.35. The standard InChI is InChI=1S/C19H22FN3O2S/c20-13-5-1-11(2-6-13)9-16-17(12-3-4-12)22-19(26-16)23-18(24)15-8-7-14(10-21)25-15/h1-2,5-6,12,14-15H,3-4,7-10,21H2,(H,22,23,24)/t14-,15+/m1/s1. The Morgan fingerprint density at radius 2 is 2.04 bits per heavy atom. The van der Waals surface area contributed by atoms with Crippen LogP contribution in [-0.2, 0) is 16.0 Å². The minimum atomic E-state index is -0.447. The summed E-state index contributed by atoms with van der Waals surface area (Å²) in [5.41, 5.74) is 7.72. The number of nitrogens with zero attached hydrogens (tertiary/aromatic N) is 1. The summed E-state index contributed by atoms with van der Waals surface area (Å²) in [6.45, 7) is 0.439. The monoisotopic (exact) mass is 375 g/mol. The van der Waals surface area contributed by atoms with Crippen molar-refractivity contribution in [3.8, 4) is 0 Å². The van der Waals surface area contributed by atoms with Crippen molar-refractivity contribution in [3.63, 3.8) is 0 Å². The highest BCUT2D eigenvalue weighted by molar-refractivity contribution is 7.15. The molecule has 0 unspecified atom stereocenters. The number of halogens is 1. The second kappa shape index (κ2) is 7.42. The van der Waals surface area contributed by atoms with Gasteiger partial charge in [-0.3, -0.25) is 10.1 Å². The maximum Gasteiger partial charge on any atom is 0.255 e. The molecule has 4 rings (SSSR count). The number of thiazole rings is 1. The van der Waals surface area contributed by atoms with Gasteiger partial charge < -0.3 is 10.5 Å². The van der Waals surface area contributed by atoms with Crippen LogP contribution in [-0.4, -0.2) is 29.6 Å². The van der Waals surface area contributed by atoms with E-state index >= 15 is 0 Å². The molecule has 1 saturated heterocycles. The maximum absolute atomic E-state index is 13.1. The Hall–Kier alpha value is -1.83. The molecule has 0 radical (unpaired) electrons. The molecule has 1 aliphatic heterocycles. The highest BCUT2D eigenvalue weighted by Crippen LogP contribution is 2.44. The molecule has 26 heavy (non-hydrogen) atoms. The predicted molar refractivity (Wildman–Crippen MR) is 98.9 cm³/mol. The maximum atomic E-state index is 13.1. The molecule has 1 amide bonds. The minimum absolute atomic E-state index is 0.0295. The average Bonchev–Trinajstić information content (AvgIpc) is 3.23. The van der Waals surface area contributed by atoms with Crippen LogP contribution in [0.2, 0.25) is 0 Å². The zero-order valence-corrected chi connectivity index (χ0v) is 15.2. The number of aromatic nitrogens is 1. The van der Waals surface area contributed by atoms with Crippen LogP contribution >= 0.6 is 11.3 Å². The van der Waals surface area contributed by atoms with Gasteiger partial charge >= 0.3 is 0 Å². The number of nitrogens with one attached hydrogen (secondary N) is 1. The van der Waals surface area contributed by atoms with Crippen LogP contribution in [0.4, 0.5) is 9.52 Å². The van der Waals surface area contributed by atoms with E-state index in [1.165, 1.54) is 23.5 Å². The molecule has 2 fully saturated rings. The van der Waals surface area contributed by atoms with Crippen molar-refractivity contribution in [3.05, 3.63) is 46.2 Å². The predicted octanol–water partition coefficient (Wildman–Crippen LogP) is 3.20. The summed E-state index contributed by atoms with van der Waals surface area (Å²) in [4.78, 5) is 18.2. The van der Waals surface area contributed by atoms with E-state index in [1.54, 1.807) is 12.1 Å². The van der Waals surface area contributed by atoms with Crippen LogP contribution in [0.3, 0.4) is 0 Å². The van der Waals surface area contributed by atoms with E-state index in [4.69, 9.17) is 10.5 Å². The van der Waals surface area contributed by atoms with Crippen LogP contribution in [0.1, 0.15) is 47.7 Å².